The maximum Gasteiger partial charge on any atom is 0.0453 e. The third-order valence-corrected chi connectivity index (χ3v) is 5.24. The molecule has 2 N–H and O–H groups in total. The van der Waals surface area contributed by atoms with Crippen LogP contribution in [0.4, 0.5) is 0 Å². The van der Waals surface area contributed by atoms with Crippen LogP contribution in [0.2, 0.25) is 0 Å². The van der Waals surface area contributed by atoms with Crippen molar-refractivity contribution in [3.8, 4) is 0 Å². The summed E-state index contributed by atoms with van der Waals surface area (Å²) in [6, 6.07) is 11.3. The number of benzene rings is 1. The number of hydrogen-bond acceptors (Lipinski definition) is 2. The van der Waals surface area contributed by atoms with Crippen LogP contribution in [0.5, 0.6) is 0 Å². The minimum Gasteiger partial charge on any atom is -0.323 e. The van der Waals surface area contributed by atoms with Gasteiger partial charge in [-0.1, -0.05) is 43.7 Å². The van der Waals surface area contributed by atoms with Gasteiger partial charge in [-0.15, -0.1) is 0 Å². The van der Waals surface area contributed by atoms with E-state index in [-0.39, 0.29) is 6.04 Å². The van der Waals surface area contributed by atoms with E-state index in [4.69, 9.17) is 5.73 Å². The van der Waals surface area contributed by atoms with Crippen molar-refractivity contribution < 1.29 is 0 Å². The van der Waals surface area contributed by atoms with Gasteiger partial charge in [-0.05, 0) is 36.7 Å². The van der Waals surface area contributed by atoms with Gasteiger partial charge in [0.15, 0.2) is 0 Å². The molecule has 1 heterocycles. The van der Waals surface area contributed by atoms with Crippen LogP contribution in [0.25, 0.3) is 0 Å². The van der Waals surface area contributed by atoms with E-state index < -0.39 is 0 Å². The summed E-state index contributed by atoms with van der Waals surface area (Å²) < 4.78 is 0. The minimum atomic E-state index is 0.157. The molecule has 0 amide bonds. The second-order valence-electron chi connectivity index (χ2n) is 6.32. The first-order valence-electron chi connectivity index (χ1n) is 7.84. The van der Waals surface area contributed by atoms with E-state index in [1.54, 1.807) is 0 Å². The molecular weight excluding hydrogens is 232 g/mol. The highest BCUT2D eigenvalue weighted by Crippen LogP contribution is 2.40. The maximum atomic E-state index is 6.54. The lowest BCUT2D eigenvalue weighted by Crippen LogP contribution is -2.41. The highest BCUT2D eigenvalue weighted by Gasteiger charge is 2.39. The van der Waals surface area contributed by atoms with Crippen LogP contribution < -0.4 is 5.73 Å². The van der Waals surface area contributed by atoms with Crippen LogP contribution in [-0.2, 0) is 0 Å². The Morgan fingerprint density at radius 1 is 1.16 bits per heavy atom. The number of rotatable bonds is 4. The summed E-state index contributed by atoms with van der Waals surface area (Å²) in [7, 11) is 0. The fourth-order valence-corrected chi connectivity index (χ4v) is 4.18. The van der Waals surface area contributed by atoms with Crippen LogP contribution >= 0.6 is 0 Å². The van der Waals surface area contributed by atoms with Crippen molar-refractivity contribution in [1.29, 1.82) is 0 Å². The Labute approximate surface area is 117 Å². The fraction of sp³-hybridized carbons (Fsp3) is 0.647. The summed E-state index contributed by atoms with van der Waals surface area (Å²) in [4.78, 5) is 2.67. The molecule has 0 aromatic heterocycles. The van der Waals surface area contributed by atoms with E-state index in [2.05, 4.69) is 42.2 Å². The van der Waals surface area contributed by atoms with Crippen LogP contribution in [0.1, 0.15) is 44.2 Å². The molecule has 2 nitrogen and oxygen atoms in total. The average molecular weight is 258 g/mol. The van der Waals surface area contributed by atoms with E-state index in [0.717, 1.165) is 18.3 Å². The molecule has 0 bridgehead atoms. The van der Waals surface area contributed by atoms with Gasteiger partial charge in [0.2, 0.25) is 0 Å². The molecule has 1 aromatic rings. The van der Waals surface area contributed by atoms with Gasteiger partial charge in [0.25, 0.3) is 0 Å². The standard InChI is InChI=1S/C17H26N2/c1-2-16(17(18)13-7-4-3-5-8-13)19-11-14-9-6-10-15(14)12-19/h3-5,7-8,14-17H,2,6,9-12,18H2,1H3. The number of fused-ring (bicyclic) bond motifs is 1. The predicted octanol–water partition coefficient (Wildman–Crippen LogP) is 3.20. The second kappa shape index (κ2) is 5.64. The Bertz CT molecular complexity index is 391. The molecule has 1 saturated heterocycles. The Kier molecular flexibility index (Phi) is 3.90. The zero-order valence-electron chi connectivity index (χ0n) is 12.0. The molecule has 0 radical (unpaired) electrons. The molecule has 0 spiro atoms. The molecule has 1 aliphatic heterocycles. The third-order valence-electron chi connectivity index (χ3n) is 5.24. The summed E-state index contributed by atoms with van der Waals surface area (Å²) in [5.74, 6) is 1.91. The Balaban J connectivity index is 1.71. The Hall–Kier alpha value is -0.860. The normalized spacial score (nSPS) is 30.2. The van der Waals surface area contributed by atoms with E-state index >= 15 is 0 Å². The smallest absolute Gasteiger partial charge is 0.0453 e. The lowest BCUT2D eigenvalue weighted by atomic mass is 9.97. The summed E-state index contributed by atoms with van der Waals surface area (Å²) in [6.07, 6.45) is 5.48. The molecule has 2 aliphatic rings. The highest BCUT2D eigenvalue weighted by atomic mass is 15.2. The first kappa shape index (κ1) is 13.1. The Morgan fingerprint density at radius 2 is 1.79 bits per heavy atom. The van der Waals surface area contributed by atoms with E-state index in [1.165, 1.54) is 37.9 Å². The van der Waals surface area contributed by atoms with Crippen molar-refractivity contribution in [3.63, 3.8) is 0 Å². The quantitative estimate of drug-likeness (QED) is 0.898. The molecular formula is C17H26N2. The summed E-state index contributed by atoms with van der Waals surface area (Å²) in [6.45, 7) is 4.84. The second-order valence-corrected chi connectivity index (χ2v) is 6.32. The molecule has 4 atom stereocenters. The topological polar surface area (TPSA) is 29.3 Å². The first-order chi connectivity index (χ1) is 9.29. The van der Waals surface area contributed by atoms with Crippen molar-refractivity contribution in [1.82, 2.24) is 4.90 Å². The SMILES string of the molecule is CCC(C(N)c1ccccc1)N1CC2CCCC2C1. The zero-order valence-corrected chi connectivity index (χ0v) is 12.0. The van der Waals surface area contributed by atoms with Crippen molar-refractivity contribution in [2.24, 2.45) is 17.6 Å². The van der Waals surface area contributed by atoms with Gasteiger partial charge in [0.1, 0.15) is 0 Å². The van der Waals surface area contributed by atoms with Gasteiger partial charge in [0.05, 0.1) is 0 Å². The van der Waals surface area contributed by atoms with Crippen LogP contribution in [0.15, 0.2) is 30.3 Å². The van der Waals surface area contributed by atoms with Gasteiger partial charge in [-0.3, -0.25) is 4.90 Å². The predicted molar refractivity (Wildman–Crippen MR) is 79.9 cm³/mol. The van der Waals surface area contributed by atoms with E-state index in [1.807, 2.05) is 0 Å². The molecule has 1 saturated carbocycles. The van der Waals surface area contributed by atoms with Crippen LogP contribution in [0.3, 0.4) is 0 Å². The molecule has 3 rings (SSSR count). The maximum absolute atomic E-state index is 6.54. The summed E-state index contributed by atoms with van der Waals surface area (Å²) in [5, 5.41) is 0. The lowest BCUT2D eigenvalue weighted by molar-refractivity contribution is 0.190. The van der Waals surface area contributed by atoms with Crippen molar-refractivity contribution in [2.75, 3.05) is 13.1 Å². The van der Waals surface area contributed by atoms with Gasteiger partial charge >= 0.3 is 0 Å². The van der Waals surface area contributed by atoms with Crippen molar-refractivity contribution in [2.45, 2.75) is 44.7 Å². The minimum absolute atomic E-state index is 0.157. The molecule has 1 aromatic carbocycles. The van der Waals surface area contributed by atoms with Gasteiger partial charge in [-0.2, -0.15) is 0 Å². The Morgan fingerprint density at radius 3 is 2.37 bits per heavy atom. The van der Waals surface area contributed by atoms with Gasteiger partial charge < -0.3 is 5.73 Å². The van der Waals surface area contributed by atoms with Crippen LogP contribution in [-0.4, -0.2) is 24.0 Å². The highest BCUT2D eigenvalue weighted by molar-refractivity contribution is 5.20. The number of nitrogens with zero attached hydrogens (tertiary/aromatic N) is 1. The van der Waals surface area contributed by atoms with Gasteiger partial charge in [-0.25, -0.2) is 0 Å². The molecule has 2 fully saturated rings. The largest absolute Gasteiger partial charge is 0.323 e. The number of likely N-dealkylation sites (tertiary alicyclic amines) is 1. The lowest BCUT2D eigenvalue weighted by Gasteiger charge is -2.32. The monoisotopic (exact) mass is 258 g/mol. The molecule has 1 aliphatic carbocycles. The molecule has 19 heavy (non-hydrogen) atoms. The average Bonchev–Trinajstić information content (AvgIpc) is 3.02. The van der Waals surface area contributed by atoms with E-state index in [0.29, 0.717) is 6.04 Å². The summed E-state index contributed by atoms with van der Waals surface area (Å²) >= 11 is 0. The van der Waals surface area contributed by atoms with E-state index in [9.17, 15) is 0 Å². The molecule has 4 unspecified atom stereocenters. The zero-order chi connectivity index (χ0) is 13.2. The van der Waals surface area contributed by atoms with Crippen molar-refractivity contribution >= 4 is 0 Å². The number of hydrogen-bond donors (Lipinski definition) is 1. The molecule has 2 heteroatoms. The van der Waals surface area contributed by atoms with Crippen molar-refractivity contribution in [3.05, 3.63) is 35.9 Å². The van der Waals surface area contributed by atoms with Gasteiger partial charge in [0, 0.05) is 25.2 Å². The summed E-state index contributed by atoms with van der Waals surface area (Å²) in [5.41, 5.74) is 7.82. The molecule has 104 valence electrons. The number of nitrogens with two attached hydrogens (primary N) is 1. The van der Waals surface area contributed by atoms with Crippen LogP contribution in [0, 0.1) is 11.8 Å². The fourth-order valence-electron chi connectivity index (χ4n) is 4.18. The third kappa shape index (κ3) is 2.56. The first-order valence-corrected chi connectivity index (χ1v) is 7.84.